The van der Waals surface area contributed by atoms with Gasteiger partial charge in [-0.05, 0) is 26.0 Å². The molecule has 0 aliphatic carbocycles. The molecule has 0 bridgehead atoms. The lowest BCUT2D eigenvalue weighted by Gasteiger charge is -1.96. The van der Waals surface area contributed by atoms with Crippen molar-refractivity contribution < 1.29 is 0 Å². The molecule has 1 N–H and O–H groups in total. The Kier molecular flexibility index (Phi) is 1.39. The fraction of sp³-hybridized carbons (Fsp3) is 0.286. The standard InChI is InChI=1S/C7H10N2/c1-6-3-4-7(2)9(6)5-8/h3-5,8H,1-2H3. The largest absolute Gasteiger partial charge is 0.310 e. The smallest absolute Gasteiger partial charge is 0.0902 e. The van der Waals surface area contributed by atoms with E-state index in [0.29, 0.717) is 0 Å². The molecule has 0 aromatic carbocycles. The van der Waals surface area contributed by atoms with E-state index in [9.17, 15) is 0 Å². The predicted molar refractivity (Wildman–Crippen MR) is 38.1 cm³/mol. The highest BCUT2D eigenvalue weighted by molar-refractivity contribution is 5.57. The molecule has 0 saturated carbocycles. The Bertz CT molecular complexity index is 203. The molecule has 1 rings (SSSR count). The van der Waals surface area contributed by atoms with Crippen molar-refractivity contribution in [3.8, 4) is 0 Å². The first-order valence-corrected chi connectivity index (χ1v) is 2.90. The van der Waals surface area contributed by atoms with Crippen LogP contribution in [0.25, 0.3) is 0 Å². The fourth-order valence-corrected chi connectivity index (χ4v) is 0.884. The molecule has 0 spiro atoms. The molecule has 0 aliphatic rings. The van der Waals surface area contributed by atoms with Gasteiger partial charge in [0.05, 0.1) is 6.34 Å². The van der Waals surface area contributed by atoms with Crippen LogP contribution in [-0.2, 0) is 0 Å². The van der Waals surface area contributed by atoms with Gasteiger partial charge in [-0.1, -0.05) is 0 Å². The summed E-state index contributed by atoms with van der Waals surface area (Å²) in [6.07, 6.45) is 1.32. The zero-order valence-electron chi connectivity index (χ0n) is 5.68. The van der Waals surface area contributed by atoms with Crippen LogP contribution in [0.3, 0.4) is 0 Å². The highest BCUT2D eigenvalue weighted by Gasteiger charge is 1.94. The van der Waals surface area contributed by atoms with Gasteiger partial charge in [-0.3, -0.25) is 5.41 Å². The van der Waals surface area contributed by atoms with Crippen molar-refractivity contribution >= 4 is 6.34 Å². The van der Waals surface area contributed by atoms with Gasteiger partial charge in [0.25, 0.3) is 0 Å². The summed E-state index contributed by atoms with van der Waals surface area (Å²) in [7, 11) is 0. The molecular weight excluding hydrogens is 112 g/mol. The van der Waals surface area contributed by atoms with Crippen LogP contribution in [0.1, 0.15) is 11.4 Å². The monoisotopic (exact) mass is 122 g/mol. The van der Waals surface area contributed by atoms with E-state index < -0.39 is 0 Å². The fourth-order valence-electron chi connectivity index (χ4n) is 0.884. The second kappa shape index (κ2) is 2.05. The van der Waals surface area contributed by atoms with E-state index in [1.165, 1.54) is 6.34 Å². The normalized spacial score (nSPS) is 9.56. The van der Waals surface area contributed by atoms with E-state index in [-0.39, 0.29) is 0 Å². The summed E-state index contributed by atoms with van der Waals surface area (Å²) in [5, 5.41) is 6.98. The second-order valence-corrected chi connectivity index (χ2v) is 2.12. The van der Waals surface area contributed by atoms with Gasteiger partial charge in [-0.2, -0.15) is 0 Å². The van der Waals surface area contributed by atoms with Crippen molar-refractivity contribution in [1.82, 2.24) is 4.57 Å². The predicted octanol–water partition coefficient (Wildman–Crippen LogP) is 1.56. The van der Waals surface area contributed by atoms with E-state index in [4.69, 9.17) is 5.41 Å². The summed E-state index contributed by atoms with van der Waals surface area (Å²) in [5.74, 6) is 0. The summed E-state index contributed by atoms with van der Waals surface area (Å²) >= 11 is 0. The van der Waals surface area contributed by atoms with Crippen LogP contribution in [0.15, 0.2) is 12.1 Å². The minimum absolute atomic E-state index is 1.11. The molecule has 9 heavy (non-hydrogen) atoms. The summed E-state index contributed by atoms with van der Waals surface area (Å²) in [4.78, 5) is 0. The summed E-state index contributed by atoms with van der Waals surface area (Å²) < 4.78 is 1.83. The molecular formula is C7H10N2. The van der Waals surface area contributed by atoms with Gasteiger partial charge in [-0.25, -0.2) is 0 Å². The number of aryl methyl sites for hydroxylation is 2. The van der Waals surface area contributed by atoms with Crippen molar-refractivity contribution in [3.63, 3.8) is 0 Å². The molecule has 2 heteroatoms. The van der Waals surface area contributed by atoms with Gasteiger partial charge in [0.2, 0.25) is 0 Å². The first-order valence-electron chi connectivity index (χ1n) is 2.90. The lowest BCUT2D eigenvalue weighted by molar-refractivity contribution is 1.04. The van der Waals surface area contributed by atoms with Crippen molar-refractivity contribution in [2.45, 2.75) is 13.8 Å². The van der Waals surface area contributed by atoms with Crippen LogP contribution in [0.5, 0.6) is 0 Å². The molecule has 0 amide bonds. The summed E-state index contributed by atoms with van der Waals surface area (Å²) in [5.41, 5.74) is 2.23. The number of hydrogen-bond donors (Lipinski definition) is 1. The van der Waals surface area contributed by atoms with Crippen molar-refractivity contribution in [2.24, 2.45) is 0 Å². The highest BCUT2D eigenvalue weighted by Crippen LogP contribution is 2.02. The lowest BCUT2D eigenvalue weighted by atomic mass is 10.5. The first-order chi connectivity index (χ1) is 4.25. The molecule has 2 nitrogen and oxygen atoms in total. The SMILES string of the molecule is Cc1ccc(C)n1C=N. The number of rotatable bonds is 1. The highest BCUT2D eigenvalue weighted by atomic mass is 15.0. The van der Waals surface area contributed by atoms with Crippen molar-refractivity contribution in [1.29, 1.82) is 5.41 Å². The number of aromatic nitrogens is 1. The van der Waals surface area contributed by atoms with Gasteiger partial charge < -0.3 is 4.57 Å². The quantitative estimate of drug-likeness (QED) is 0.432. The number of nitrogens with zero attached hydrogens (tertiary/aromatic N) is 1. The Morgan fingerprint density at radius 2 is 1.78 bits per heavy atom. The molecule has 0 atom stereocenters. The molecule has 48 valence electrons. The Hall–Kier alpha value is -1.05. The number of hydrogen-bond acceptors (Lipinski definition) is 1. The van der Waals surface area contributed by atoms with E-state index in [0.717, 1.165) is 11.4 Å². The minimum Gasteiger partial charge on any atom is -0.310 e. The maximum absolute atomic E-state index is 6.98. The first kappa shape index (κ1) is 6.08. The summed E-state index contributed by atoms with van der Waals surface area (Å²) in [6.45, 7) is 3.97. The van der Waals surface area contributed by atoms with Gasteiger partial charge in [0, 0.05) is 11.4 Å². The Balaban J connectivity index is 3.22. The van der Waals surface area contributed by atoms with E-state index >= 15 is 0 Å². The number of nitrogens with one attached hydrogen (secondary N) is 1. The van der Waals surface area contributed by atoms with Gasteiger partial charge in [0.1, 0.15) is 0 Å². The summed E-state index contributed by atoms with van der Waals surface area (Å²) in [6, 6.07) is 4.00. The molecule has 0 radical (unpaired) electrons. The topological polar surface area (TPSA) is 28.8 Å². The van der Waals surface area contributed by atoms with Gasteiger partial charge in [-0.15, -0.1) is 0 Å². The third-order valence-corrected chi connectivity index (χ3v) is 1.45. The average molecular weight is 122 g/mol. The molecule has 0 unspecified atom stereocenters. The third kappa shape index (κ3) is 0.875. The van der Waals surface area contributed by atoms with Crippen LogP contribution >= 0.6 is 0 Å². The zero-order valence-corrected chi connectivity index (χ0v) is 5.68. The van der Waals surface area contributed by atoms with Crippen LogP contribution < -0.4 is 0 Å². The molecule has 1 heterocycles. The maximum Gasteiger partial charge on any atom is 0.0902 e. The van der Waals surface area contributed by atoms with Crippen LogP contribution in [0.2, 0.25) is 0 Å². The van der Waals surface area contributed by atoms with Crippen LogP contribution in [0.4, 0.5) is 0 Å². The zero-order chi connectivity index (χ0) is 6.85. The Labute approximate surface area is 54.6 Å². The minimum atomic E-state index is 1.11. The molecule has 0 saturated heterocycles. The van der Waals surface area contributed by atoms with E-state index in [2.05, 4.69) is 0 Å². The van der Waals surface area contributed by atoms with Crippen LogP contribution in [-0.4, -0.2) is 10.9 Å². The second-order valence-electron chi connectivity index (χ2n) is 2.12. The van der Waals surface area contributed by atoms with Gasteiger partial charge >= 0.3 is 0 Å². The van der Waals surface area contributed by atoms with Crippen molar-refractivity contribution in [2.75, 3.05) is 0 Å². The van der Waals surface area contributed by atoms with E-state index in [1.54, 1.807) is 0 Å². The van der Waals surface area contributed by atoms with E-state index in [1.807, 2.05) is 30.5 Å². The Morgan fingerprint density at radius 1 is 1.33 bits per heavy atom. The maximum atomic E-state index is 6.98. The Morgan fingerprint density at radius 3 is 2.00 bits per heavy atom. The molecule has 0 fully saturated rings. The van der Waals surface area contributed by atoms with Crippen molar-refractivity contribution in [3.05, 3.63) is 23.5 Å². The van der Waals surface area contributed by atoms with Gasteiger partial charge in [0.15, 0.2) is 0 Å². The average Bonchev–Trinajstić information content (AvgIpc) is 2.12. The molecule has 0 aliphatic heterocycles. The third-order valence-electron chi connectivity index (χ3n) is 1.45. The lowest BCUT2D eigenvalue weighted by Crippen LogP contribution is -1.97. The molecule has 1 aromatic rings. The van der Waals surface area contributed by atoms with Crippen LogP contribution in [0, 0.1) is 19.3 Å². The molecule has 1 aromatic heterocycles.